The summed E-state index contributed by atoms with van der Waals surface area (Å²) in [4.78, 5) is 12.0. The highest BCUT2D eigenvalue weighted by Gasteiger charge is 2.34. The molecule has 0 aromatic heterocycles. The van der Waals surface area contributed by atoms with E-state index in [1.54, 1.807) is 0 Å². The van der Waals surface area contributed by atoms with Gasteiger partial charge in [0.2, 0.25) is 5.91 Å². The number of amides is 1. The second kappa shape index (κ2) is 4.93. The minimum absolute atomic E-state index is 0.0408. The van der Waals surface area contributed by atoms with Gasteiger partial charge < -0.3 is 10.6 Å². The van der Waals surface area contributed by atoms with Crippen LogP contribution >= 0.6 is 0 Å². The third-order valence-electron chi connectivity index (χ3n) is 4.14. The zero-order chi connectivity index (χ0) is 13.2. The minimum atomic E-state index is 0.0408. The summed E-state index contributed by atoms with van der Waals surface area (Å²) in [6, 6.07) is 6.40. The highest BCUT2D eigenvalue weighted by molar-refractivity contribution is 5.93. The number of nitriles is 1. The average molecular weight is 255 g/mol. The zero-order valence-corrected chi connectivity index (χ0v) is 10.8. The summed E-state index contributed by atoms with van der Waals surface area (Å²) in [5.74, 6) is 0.119. The van der Waals surface area contributed by atoms with Gasteiger partial charge in [0.1, 0.15) is 0 Å². The number of aryl methyl sites for hydroxylation is 2. The second-order valence-corrected chi connectivity index (χ2v) is 5.45. The van der Waals surface area contributed by atoms with Crippen LogP contribution in [0.1, 0.15) is 30.4 Å². The quantitative estimate of drug-likeness (QED) is 0.641. The van der Waals surface area contributed by atoms with Crippen LogP contribution in [-0.4, -0.2) is 11.9 Å². The molecular weight excluding hydrogens is 238 g/mol. The van der Waals surface area contributed by atoms with Crippen molar-refractivity contribution < 1.29 is 4.79 Å². The molecule has 0 bridgehead atoms. The lowest BCUT2D eigenvalue weighted by Crippen LogP contribution is -2.44. The molecule has 1 amide bonds. The average Bonchev–Trinajstić information content (AvgIpc) is 2.80. The van der Waals surface area contributed by atoms with E-state index < -0.39 is 0 Å². The molecule has 2 aliphatic rings. The van der Waals surface area contributed by atoms with Crippen molar-refractivity contribution in [2.75, 3.05) is 5.32 Å². The fourth-order valence-electron chi connectivity index (χ4n) is 2.93. The maximum absolute atomic E-state index is 12.0. The predicted molar refractivity (Wildman–Crippen MR) is 72.4 cm³/mol. The molecule has 0 unspecified atom stereocenters. The van der Waals surface area contributed by atoms with E-state index in [4.69, 9.17) is 5.26 Å². The summed E-state index contributed by atoms with van der Waals surface area (Å²) in [5, 5.41) is 14.2. The molecule has 2 N–H and O–H groups in total. The molecule has 1 fully saturated rings. The fourth-order valence-corrected chi connectivity index (χ4v) is 2.93. The number of carbonyl (C=O) groups excluding carboxylic acids is 1. The van der Waals surface area contributed by atoms with Crippen LogP contribution in [0.25, 0.3) is 0 Å². The number of anilines is 1. The van der Waals surface area contributed by atoms with Gasteiger partial charge in [-0.1, -0.05) is 6.07 Å². The van der Waals surface area contributed by atoms with Gasteiger partial charge in [-0.25, -0.2) is 0 Å². The van der Waals surface area contributed by atoms with Crippen molar-refractivity contribution in [1.82, 2.24) is 5.32 Å². The van der Waals surface area contributed by atoms with Crippen molar-refractivity contribution in [2.45, 2.75) is 38.1 Å². The number of benzene rings is 1. The summed E-state index contributed by atoms with van der Waals surface area (Å²) >= 11 is 0. The summed E-state index contributed by atoms with van der Waals surface area (Å²) in [6.45, 7) is 0. The van der Waals surface area contributed by atoms with Gasteiger partial charge in [-0.2, -0.15) is 5.26 Å². The molecule has 0 aliphatic heterocycles. The van der Waals surface area contributed by atoms with E-state index in [1.807, 2.05) is 12.3 Å². The lowest BCUT2D eigenvalue weighted by molar-refractivity contribution is -0.122. The van der Waals surface area contributed by atoms with Crippen molar-refractivity contribution in [3.05, 3.63) is 29.3 Å². The molecule has 1 aromatic carbocycles. The van der Waals surface area contributed by atoms with Gasteiger partial charge in [-0.05, 0) is 55.4 Å². The number of fused-ring (bicyclic) bond motifs is 1. The molecule has 3 rings (SSSR count). The third-order valence-corrected chi connectivity index (χ3v) is 4.14. The van der Waals surface area contributed by atoms with Crippen LogP contribution in [0.5, 0.6) is 0 Å². The molecule has 1 saturated carbocycles. The first-order valence-corrected chi connectivity index (χ1v) is 6.83. The summed E-state index contributed by atoms with van der Waals surface area (Å²) in [7, 11) is 0. The van der Waals surface area contributed by atoms with Gasteiger partial charge >= 0.3 is 0 Å². The van der Waals surface area contributed by atoms with Gasteiger partial charge in [0.25, 0.3) is 0 Å². The first kappa shape index (κ1) is 12.0. The van der Waals surface area contributed by atoms with E-state index >= 15 is 0 Å². The monoisotopic (exact) mass is 255 g/mol. The Hall–Kier alpha value is -2.02. The Labute approximate surface area is 112 Å². The Morgan fingerprint density at radius 2 is 2.05 bits per heavy atom. The third kappa shape index (κ3) is 2.41. The van der Waals surface area contributed by atoms with Gasteiger partial charge in [0, 0.05) is 17.6 Å². The Morgan fingerprint density at radius 1 is 1.26 bits per heavy atom. The highest BCUT2D eigenvalue weighted by atomic mass is 16.1. The number of carbonyl (C=O) groups is 1. The van der Waals surface area contributed by atoms with Crippen LogP contribution in [0.2, 0.25) is 0 Å². The molecule has 98 valence electrons. The molecule has 0 saturated heterocycles. The molecule has 0 spiro atoms. The lowest BCUT2D eigenvalue weighted by atomic mass is 9.79. The van der Waals surface area contributed by atoms with E-state index in [9.17, 15) is 4.79 Å². The van der Waals surface area contributed by atoms with Crippen LogP contribution in [0.3, 0.4) is 0 Å². The normalized spacial score (nSPS) is 23.9. The van der Waals surface area contributed by atoms with Crippen LogP contribution in [0, 0.1) is 17.4 Å². The lowest BCUT2D eigenvalue weighted by Gasteiger charge is -2.33. The minimum Gasteiger partial charge on any atom is -0.326 e. The Bertz CT molecular complexity index is 541. The molecule has 2 aliphatic carbocycles. The molecule has 0 heterocycles. The van der Waals surface area contributed by atoms with E-state index in [2.05, 4.69) is 22.8 Å². The number of nitrogens with zero attached hydrogens (tertiary/aromatic N) is 1. The first-order chi connectivity index (χ1) is 9.26. The van der Waals surface area contributed by atoms with Gasteiger partial charge in [0.05, 0.1) is 0 Å². The first-order valence-electron chi connectivity index (χ1n) is 6.83. The van der Waals surface area contributed by atoms with E-state index in [-0.39, 0.29) is 17.9 Å². The summed E-state index contributed by atoms with van der Waals surface area (Å²) in [5.41, 5.74) is 3.69. The molecule has 19 heavy (non-hydrogen) atoms. The molecule has 0 radical (unpaired) electrons. The maximum atomic E-state index is 12.0. The van der Waals surface area contributed by atoms with Crippen LogP contribution < -0.4 is 10.6 Å². The maximum Gasteiger partial charge on any atom is 0.227 e. The highest BCUT2D eigenvalue weighted by Crippen LogP contribution is 2.29. The topological polar surface area (TPSA) is 64.9 Å². The molecule has 0 atom stereocenters. The second-order valence-electron chi connectivity index (χ2n) is 5.45. The van der Waals surface area contributed by atoms with Crippen molar-refractivity contribution in [3.8, 4) is 6.19 Å². The van der Waals surface area contributed by atoms with E-state index in [0.29, 0.717) is 0 Å². The van der Waals surface area contributed by atoms with E-state index in [1.165, 1.54) is 17.5 Å². The van der Waals surface area contributed by atoms with Crippen molar-refractivity contribution in [1.29, 1.82) is 5.26 Å². The fraction of sp³-hybridized carbons (Fsp3) is 0.467. The molecule has 4 heteroatoms. The molecule has 4 nitrogen and oxygen atoms in total. The number of hydrogen-bond acceptors (Lipinski definition) is 3. The molecule has 1 aromatic rings. The predicted octanol–water partition coefficient (Wildman–Crippen LogP) is 1.96. The van der Waals surface area contributed by atoms with Crippen molar-refractivity contribution in [3.63, 3.8) is 0 Å². The van der Waals surface area contributed by atoms with Gasteiger partial charge in [-0.3, -0.25) is 4.79 Å². The molecular formula is C15H17N3O. The Kier molecular flexibility index (Phi) is 3.12. The standard InChI is InChI=1S/C15H17N3O/c16-9-17-14-7-12(8-14)15(19)18-13-5-4-10-2-1-3-11(10)6-13/h4-6,12,14,17H,1-3,7-8H2,(H,18,19). The van der Waals surface area contributed by atoms with Crippen LogP contribution in [0.4, 0.5) is 5.69 Å². The zero-order valence-electron chi connectivity index (χ0n) is 10.8. The van der Waals surface area contributed by atoms with Gasteiger partial charge in [0.15, 0.2) is 6.19 Å². The SMILES string of the molecule is N#CNC1CC(C(=O)Nc2ccc3c(c2)CCC3)C1. The van der Waals surface area contributed by atoms with Crippen molar-refractivity contribution in [2.24, 2.45) is 5.92 Å². The van der Waals surface area contributed by atoms with E-state index in [0.717, 1.165) is 31.4 Å². The summed E-state index contributed by atoms with van der Waals surface area (Å²) in [6.07, 6.45) is 6.94. The number of rotatable bonds is 3. The Balaban J connectivity index is 1.57. The Morgan fingerprint density at radius 3 is 2.84 bits per heavy atom. The number of hydrogen-bond donors (Lipinski definition) is 2. The van der Waals surface area contributed by atoms with Crippen LogP contribution in [-0.2, 0) is 17.6 Å². The van der Waals surface area contributed by atoms with Crippen molar-refractivity contribution >= 4 is 11.6 Å². The van der Waals surface area contributed by atoms with Crippen LogP contribution in [0.15, 0.2) is 18.2 Å². The summed E-state index contributed by atoms with van der Waals surface area (Å²) < 4.78 is 0. The van der Waals surface area contributed by atoms with Gasteiger partial charge in [-0.15, -0.1) is 0 Å². The largest absolute Gasteiger partial charge is 0.326 e. The smallest absolute Gasteiger partial charge is 0.227 e. The number of nitrogens with one attached hydrogen (secondary N) is 2.